The van der Waals surface area contributed by atoms with Crippen LogP contribution in [0.3, 0.4) is 0 Å². The van der Waals surface area contributed by atoms with Crippen molar-refractivity contribution in [1.82, 2.24) is 10.6 Å². The SMILES string of the molecule is CCCC(NC(=O)C(NC(C)=O)c1cccc(Br)c1)C(=O)Nc1cccc(N2CCCC2)c1. The first kappa shape index (κ1) is 24.8. The van der Waals surface area contributed by atoms with Crippen LogP contribution in [-0.2, 0) is 14.4 Å². The predicted molar refractivity (Wildman–Crippen MR) is 134 cm³/mol. The van der Waals surface area contributed by atoms with Crippen LogP contribution in [0.1, 0.15) is 51.1 Å². The number of nitrogens with one attached hydrogen (secondary N) is 3. The Morgan fingerprint density at radius 2 is 1.73 bits per heavy atom. The lowest BCUT2D eigenvalue weighted by Gasteiger charge is -2.23. The molecular weight excluding hydrogens is 484 g/mol. The van der Waals surface area contributed by atoms with Crippen molar-refractivity contribution in [3.8, 4) is 0 Å². The van der Waals surface area contributed by atoms with Gasteiger partial charge in [0.1, 0.15) is 12.1 Å². The first-order valence-electron chi connectivity index (χ1n) is 11.4. The Hall–Kier alpha value is -2.87. The van der Waals surface area contributed by atoms with Crippen molar-refractivity contribution < 1.29 is 14.4 Å². The van der Waals surface area contributed by atoms with E-state index in [1.54, 1.807) is 18.2 Å². The highest BCUT2D eigenvalue weighted by Gasteiger charge is 2.27. The van der Waals surface area contributed by atoms with Crippen molar-refractivity contribution in [3.63, 3.8) is 0 Å². The Labute approximate surface area is 203 Å². The Kier molecular flexibility index (Phi) is 8.88. The van der Waals surface area contributed by atoms with Gasteiger partial charge >= 0.3 is 0 Å². The number of carbonyl (C=O) groups is 3. The predicted octanol–water partition coefficient (Wildman–Crippen LogP) is 4.15. The Balaban J connectivity index is 1.73. The molecule has 3 rings (SSSR count). The number of hydrogen-bond acceptors (Lipinski definition) is 4. The summed E-state index contributed by atoms with van der Waals surface area (Å²) in [6, 6.07) is 13.4. The quantitative estimate of drug-likeness (QED) is 0.468. The minimum Gasteiger partial charge on any atom is -0.371 e. The molecule has 0 spiro atoms. The number of anilines is 2. The molecule has 0 bridgehead atoms. The first-order valence-corrected chi connectivity index (χ1v) is 12.2. The molecule has 3 N–H and O–H groups in total. The smallest absolute Gasteiger partial charge is 0.247 e. The van der Waals surface area contributed by atoms with Gasteiger partial charge in [0, 0.05) is 35.9 Å². The maximum atomic E-state index is 13.1. The second-order valence-corrected chi connectivity index (χ2v) is 9.19. The van der Waals surface area contributed by atoms with Crippen molar-refractivity contribution in [2.24, 2.45) is 0 Å². The van der Waals surface area contributed by atoms with E-state index < -0.39 is 18.0 Å². The summed E-state index contributed by atoms with van der Waals surface area (Å²) in [5.41, 5.74) is 2.41. The first-order chi connectivity index (χ1) is 15.9. The zero-order valence-electron chi connectivity index (χ0n) is 19.1. The minimum absolute atomic E-state index is 0.278. The standard InChI is InChI=1S/C25H31BrN4O3/c1-3-8-22(24(32)28-20-11-7-12-21(16-20)30-13-4-5-14-30)29-25(33)23(27-17(2)31)18-9-6-10-19(26)15-18/h6-7,9-12,15-16,22-23H,3-5,8,13-14H2,1-2H3,(H,27,31)(H,28,32)(H,29,33). The van der Waals surface area contributed by atoms with E-state index in [9.17, 15) is 14.4 Å². The van der Waals surface area contributed by atoms with Gasteiger partial charge in [-0.25, -0.2) is 0 Å². The molecule has 2 atom stereocenters. The zero-order chi connectivity index (χ0) is 23.8. The van der Waals surface area contributed by atoms with Crippen LogP contribution in [0.15, 0.2) is 53.0 Å². The lowest BCUT2D eigenvalue weighted by atomic mass is 10.0. The highest BCUT2D eigenvalue weighted by molar-refractivity contribution is 9.10. The van der Waals surface area contributed by atoms with Gasteiger partial charge in [-0.2, -0.15) is 0 Å². The molecule has 0 radical (unpaired) electrons. The fraction of sp³-hybridized carbons (Fsp3) is 0.400. The van der Waals surface area contributed by atoms with E-state index in [4.69, 9.17) is 0 Å². The third-order valence-corrected chi connectivity index (χ3v) is 6.08. The normalized spacial score (nSPS) is 14.9. The molecule has 8 heteroatoms. The number of halogens is 1. The summed E-state index contributed by atoms with van der Waals surface area (Å²) in [6.07, 6.45) is 3.55. The van der Waals surface area contributed by atoms with Gasteiger partial charge in [-0.15, -0.1) is 0 Å². The van der Waals surface area contributed by atoms with Crippen molar-refractivity contribution in [2.45, 2.75) is 51.6 Å². The molecule has 2 aromatic carbocycles. The Bertz CT molecular complexity index is 991. The molecule has 33 heavy (non-hydrogen) atoms. The molecule has 2 aromatic rings. The number of carbonyl (C=O) groups excluding carboxylic acids is 3. The summed E-state index contributed by atoms with van der Waals surface area (Å²) in [5, 5.41) is 8.48. The van der Waals surface area contributed by atoms with Gasteiger partial charge in [-0.3, -0.25) is 14.4 Å². The van der Waals surface area contributed by atoms with Crippen LogP contribution in [0.4, 0.5) is 11.4 Å². The zero-order valence-corrected chi connectivity index (χ0v) is 20.7. The van der Waals surface area contributed by atoms with Crippen LogP contribution in [0.25, 0.3) is 0 Å². The third-order valence-electron chi connectivity index (χ3n) is 5.59. The fourth-order valence-electron chi connectivity index (χ4n) is 3.99. The van der Waals surface area contributed by atoms with Gasteiger partial charge in [-0.1, -0.05) is 47.5 Å². The summed E-state index contributed by atoms with van der Waals surface area (Å²) in [6.45, 7) is 5.36. The highest BCUT2D eigenvalue weighted by atomic mass is 79.9. The molecule has 1 fully saturated rings. The molecule has 1 heterocycles. The van der Waals surface area contributed by atoms with E-state index >= 15 is 0 Å². The van der Waals surface area contributed by atoms with Gasteiger partial charge in [0.2, 0.25) is 17.7 Å². The topological polar surface area (TPSA) is 90.5 Å². The summed E-state index contributed by atoms with van der Waals surface area (Å²) in [5.74, 6) is -1.03. The number of benzene rings is 2. The summed E-state index contributed by atoms with van der Waals surface area (Å²) < 4.78 is 0.795. The van der Waals surface area contributed by atoms with Crippen molar-refractivity contribution in [2.75, 3.05) is 23.3 Å². The van der Waals surface area contributed by atoms with Crippen LogP contribution in [-0.4, -0.2) is 36.9 Å². The van der Waals surface area contributed by atoms with Gasteiger partial charge in [0.05, 0.1) is 0 Å². The second kappa shape index (κ2) is 11.8. The van der Waals surface area contributed by atoms with Crippen LogP contribution in [0.5, 0.6) is 0 Å². The summed E-state index contributed by atoms with van der Waals surface area (Å²) in [4.78, 5) is 40.3. The molecule has 3 amide bonds. The molecule has 0 saturated carbocycles. The molecule has 1 saturated heterocycles. The highest BCUT2D eigenvalue weighted by Crippen LogP contribution is 2.24. The number of rotatable bonds is 9. The third kappa shape index (κ3) is 7.05. The molecule has 7 nitrogen and oxygen atoms in total. The second-order valence-electron chi connectivity index (χ2n) is 8.27. The van der Waals surface area contributed by atoms with Crippen molar-refractivity contribution >= 4 is 45.0 Å². The minimum atomic E-state index is -0.898. The van der Waals surface area contributed by atoms with E-state index in [0.29, 0.717) is 24.1 Å². The number of hydrogen-bond donors (Lipinski definition) is 3. The number of nitrogens with zero attached hydrogens (tertiary/aromatic N) is 1. The lowest BCUT2D eigenvalue weighted by molar-refractivity contribution is -0.130. The van der Waals surface area contributed by atoms with Gasteiger partial charge in [-0.05, 0) is 55.2 Å². The summed E-state index contributed by atoms with van der Waals surface area (Å²) >= 11 is 3.40. The number of amides is 3. The molecule has 2 unspecified atom stereocenters. The average Bonchev–Trinajstić information content (AvgIpc) is 3.32. The van der Waals surface area contributed by atoms with E-state index in [0.717, 1.165) is 23.2 Å². The van der Waals surface area contributed by atoms with E-state index in [1.807, 2.05) is 37.3 Å². The molecule has 176 valence electrons. The molecular formula is C25H31BrN4O3. The van der Waals surface area contributed by atoms with E-state index in [1.165, 1.54) is 19.8 Å². The Morgan fingerprint density at radius 1 is 1.00 bits per heavy atom. The summed E-state index contributed by atoms with van der Waals surface area (Å²) in [7, 11) is 0. The van der Waals surface area contributed by atoms with Crippen LogP contribution >= 0.6 is 15.9 Å². The molecule has 1 aliphatic heterocycles. The van der Waals surface area contributed by atoms with Crippen LogP contribution in [0, 0.1) is 0 Å². The molecule has 1 aliphatic rings. The monoisotopic (exact) mass is 514 g/mol. The average molecular weight is 515 g/mol. The lowest BCUT2D eigenvalue weighted by Crippen LogP contribution is -2.48. The van der Waals surface area contributed by atoms with Crippen molar-refractivity contribution in [1.29, 1.82) is 0 Å². The molecule has 0 aromatic heterocycles. The van der Waals surface area contributed by atoms with Crippen molar-refractivity contribution in [3.05, 3.63) is 58.6 Å². The largest absolute Gasteiger partial charge is 0.371 e. The maximum absolute atomic E-state index is 13.1. The van der Waals surface area contributed by atoms with Gasteiger partial charge in [0.25, 0.3) is 0 Å². The van der Waals surface area contributed by atoms with Gasteiger partial charge < -0.3 is 20.9 Å². The maximum Gasteiger partial charge on any atom is 0.247 e. The van der Waals surface area contributed by atoms with E-state index in [-0.39, 0.29) is 11.8 Å². The molecule has 0 aliphatic carbocycles. The van der Waals surface area contributed by atoms with E-state index in [2.05, 4.69) is 36.8 Å². The Morgan fingerprint density at radius 3 is 2.39 bits per heavy atom. The van der Waals surface area contributed by atoms with Crippen LogP contribution in [0.2, 0.25) is 0 Å². The fourth-order valence-corrected chi connectivity index (χ4v) is 4.40. The van der Waals surface area contributed by atoms with Gasteiger partial charge in [0.15, 0.2) is 0 Å². The van der Waals surface area contributed by atoms with Crippen LogP contribution < -0.4 is 20.9 Å².